The number of carbonyl (C=O) groups is 1. The molecule has 1 heterocycles. The molecule has 0 radical (unpaired) electrons. The first kappa shape index (κ1) is 9.98. The minimum absolute atomic E-state index is 0.292. The van der Waals surface area contributed by atoms with Gasteiger partial charge in [-0.05, 0) is 12.5 Å². The quantitative estimate of drug-likeness (QED) is 0.571. The number of nitrogens with zero attached hydrogens (tertiary/aromatic N) is 2. The number of aromatic nitrogens is 2. The second-order valence-corrected chi connectivity index (χ2v) is 3.67. The summed E-state index contributed by atoms with van der Waals surface area (Å²) in [5, 5.41) is 0.687. The molecule has 0 bridgehead atoms. The average Bonchev–Trinajstić information content (AvgIpc) is 2.08. The van der Waals surface area contributed by atoms with Crippen molar-refractivity contribution in [2.45, 2.75) is 18.5 Å². The van der Waals surface area contributed by atoms with E-state index in [4.69, 9.17) is 5.73 Å². The van der Waals surface area contributed by atoms with Crippen LogP contribution in [0.1, 0.15) is 12.0 Å². The van der Waals surface area contributed by atoms with E-state index in [9.17, 15) is 4.79 Å². The van der Waals surface area contributed by atoms with Gasteiger partial charge in [-0.15, -0.1) is 0 Å². The van der Waals surface area contributed by atoms with Gasteiger partial charge in [-0.3, -0.25) is 4.79 Å². The molecule has 0 fully saturated rings. The Bertz CT molecular complexity index is 286. The number of rotatable bonds is 4. The molecule has 4 nitrogen and oxygen atoms in total. The van der Waals surface area contributed by atoms with Crippen LogP contribution in [0.15, 0.2) is 17.6 Å². The zero-order valence-electron chi connectivity index (χ0n) is 7.36. The Morgan fingerprint density at radius 2 is 2.15 bits per heavy atom. The highest BCUT2D eigenvalue weighted by Gasteiger charge is 1.98. The van der Waals surface area contributed by atoms with Gasteiger partial charge in [0.15, 0.2) is 5.16 Å². The van der Waals surface area contributed by atoms with E-state index in [-0.39, 0.29) is 5.91 Å². The van der Waals surface area contributed by atoms with E-state index in [0.29, 0.717) is 17.3 Å². The zero-order chi connectivity index (χ0) is 9.68. The highest BCUT2D eigenvalue weighted by molar-refractivity contribution is 7.99. The fraction of sp³-hybridized carbons (Fsp3) is 0.375. The van der Waals surface area contributed by atoms with Gasteiger partial charge in [0.05, 0.1) is 0 Å². The lowest BCUT2D eigenvalue weighted by molar-refractivity contribution is -0.117. The van der Waals surface area contributed by atoms with E-state index in [0.717, 1.165) is 5.56 Å². The summed E-state index contributed by atoms with van der Waals surface area (Å²) in [6, 6.07) is 0. The van der Waals surface area contributed by atoms with E-state index in [2.05, 4.69) is 9.97 Å². The Kier molecular flexibility index (Phi) is 3.70. The van der Waals surface area contributed by atoms with Gasteiger partial charge >= 0.3 is 0 Å². The van der Waals surface area contributed by atoms with E-state index in [1.807, 2.05) is 6.92 Å². The summed E-state index contributed by atoms with van der Waals surface area (Å²) in [7, 11) is 0. The number of aryl methyl sites for hydroxylation is 1. The molecule has 2 N–H and O–H groups in total. The lowest BCUT2D eigenvalue weighted by Crippen LogP contribution is -2.10. The number of amides is 1. The summed E-state index contributed by atoms with van der Waals surface area (Å²) in [6.45, 7) is 1.93. The number of hydrogen-bond donors (Lipinski definition) is 1. The predicted molar refractivity (Wildman–Crippen MR) is 51.3 cm³/mol. The van der Waals surface area contributed by atoms with E-state index in [1.54, 1.807) is 12.4 Å². The molecule has 0 aliphatic heterocycles. The molecule has 0 unspecified atom stereocenters. The van der Waals surface area contributed by atoms with E-state index >= 15 is 0 Å². The van der Waals surface area contributed by atoms with Crippen LogP contribution in [0.25, 0.3) is 0 Å². The van der Waals surface area contributed by atoms with Crippen molar-refractivity contribution in [3.05, 3.63) is 18.0 Å². The maximum absolute atomic E-state index is 10.4. The maximum Gasteiger partial charge on any atom is 0.218 e. The van der Waals surface area contributed by atoms with Crippen LogP contribution in [0.5, 0.6) is 0 Å². The Labute approximate surface area is 81.0 Å². The fourth-order valence-electron chi connectivity index (χ4n) is 0.698. The van der Waals surface area contributed by atoms with Crippen molar-refractivity contribution in [3.63, 3.8) is 0 Å². The van der Waals surface area contributed by atoms with Crippen LogP contribution < -0.4 is 5.73 Å². The van der Waals surface area contributed by atoms with Gasteiger partial charge in [-0.2, -0.15) is 0 Å². The molecule has 0 aliphatic rings. The SMILES string of the molecule is Cc1cnc(SCCC(N)=O)nc1. The van der Waals surface area contributed by atoms with Gasteiger partial charge in [0, 0.05) is 24.6 Å². The number of primary amides is 1. The molecule has 1 amide bonds. The van der Waals surface area contributed by atoms with Crippen LogP contribution in [0.3, 0.4) is 0 Å². The molecule has 13 heavy (non-hydrogen) atoms. The molecular formula is C8H11N3OS. The fourth-order valence-corrected chi connectivity index (χ4v) is 1.44. The third-order valence-corrected chi connectivity index (χ3v) is 2.21. The van der Waals surface area contributed by atoms with Gasteiger partial charge in [0.2, 0.25) is 5.91 Å². The number of thioether (sulfide) groups is 1. The molecule has 0 aromatic carbocycles. The minimum atomic E-state index is -0.292. The normalized spacial score (nSPS) is 9.92. The molecule has 1 aromatic heterocycles. The van der Waals surface area contributed by atoms with Crippen LogP contribution in [0.2, 0.25) is 0 Å². The third-order valence-electron chi connectivity index (χ3n) is 1.34. The van der Waals surface area contributed by atoms with Crippen LogP contribution in [-0.4, -0.2) is 21.6 Å². The molecule has 5 heteroatoms. The first-order chi connectivity index (χ1) is 6.18. The largest absolute Gasteiger partial charge is 0.370 e. The summed E-state index contributed by atoms with van der Waals surface area (Å²) < 4.78 is 0. The van der Waals surface area contributed by atoms with Crippen LogP contribution >= 0.6 is 11.8 Å². The lowest BCUT2D eigenvalue weighted by Gasteiger charge is -1.97. The molecule has 0 atom stereocenters. The predicted octanol–water partition coefficient (Wildman–Crippen LogP) is 0.753. The summed E-state index contributed by atoms with van der Waals surface area (Å²) in [6.07, 6.45) is 3.86. The standard InChI is InChI=1S/C8H11N3OS/c1-6-4-10-8(11-5-6)13-3-2-7(9)12/h4-5H,2-3H2,1H3,(H2,9,12). The van der Waals surface area contributed by atoms with Crippen molar-refractivity contribution in [2.24, 2.45) is 5.73 Å². The van der Waals surface area contributed by atoms with E-state index in [1.165, 1.54) is 11.8 Å². The number of carbonyl (C=O) groups excluding carboxylic acids is 1. The monoisotopic (exact) mass is 197 g/mol. The molecule has 0 aliphatic carbocycles. The van der Waals surface area contributed by atoms with Crippen molar-refractivity contribution in [1.29, 1.82) is 0 Å². The summed E-state index contributed by atoms with van der Waals surface area (Å²) in [5.74, 6) is 0.345. The summed E-state index contributed by atoms with van der Waals surface area (Å²) in [4.78, 5) is 18.6. The molecule has 70 valence electrons. The summed E-state index contributed by atoms with van der Waals surface area (Å²) >= 11 is 1.43. The molecule has 0 spiro atoms. The smallest absolute Gasteiger partial charge is 0.218 e. The van der Waals surface area contributed by atoms with Gasteiger partial charge < -0.3 is 5.73 Å². The second-order valence-electron chi connectivity index (χ2n) is 2.61. The maximum atomic E-state index is 10.4. The van der Waals surface area contributed by atoms with Crippen LogP contribution in [0.4, 0.5) is 0 Å². The number of hydrogen-bond acceptors (Lipinski definition) is 4. The van der Waals surface area contributed by atoms with Gasteiger partial charge in [0.25, 0.3) is 0 Å². The van der Waals surface area contributed by atoms with Gasteiger partial charge in [-0.1, -0.05) is 11.8 Å². The Hall–Kier alpha value is -1.10. The number of nitrogens with two attached hydrogens (primary N) is 1. The van der Waals surface area contributed by atoms with Crippen molar-refractivity contribution in [3.8, 4) is 0 Å². The molecule has 0 saturated carbocycles. The Morgan fingerprint density at radius 3 is 2.69 bits per heavy atom. The van der Waals surface area contributed by atoms with Crippen LogP contribution in [-0.2, 0) is 4.79 Å². The van der Waals surface area contributed by atoms with Gasteiger partial charge in [0.1, 0.15) is 0 Å². The summed E-state index contributed by atoms with van der Waals surface area (Å²) in [5.41, 5.74) is 6.01. The van der Waals surface area contributed by atoms with Crippen LogP contribution in [0, 0.1) is 6.92 Å². The Morgan fingerprint density at radius 1 is 1.54 bits per heavy atom. The van der Waals surface area contributed by atoms with Crippen molar-refractivity contribution >= 4 is 17.7 Å². The lowest BCUT2D eigenvalue weighted by atomic mass is 10.4. The molecule has 0 saturated heterocycles. The topological polar surface area (TPSA) is 68.9 Å². The van der Waals surface area contributed by atoms with Crippen molar-refractivity contribution in [2.75, 3.05) is 5.75 Å². The first-order valence-electron chi connectivity index (χ1n) is 3.88. The van der Waals surface area contributed by atoms with Crippen molar-refractivity contribution in [1.82, 2.24) is 9.97 Å². The Balaban J connectivity index is 2.37. The van der Waals surface area contributed by atoms with E-state index < -0.39 is 0 Å². The zero-order valence-corrected chi connectivity index (χ0v) is 8.17. The highest BCUT2D eigenvalue weighted by Crippen LogP contribution is 2.12. The highest BCUT2D eigenvalue weighted by atomic mass is 32.2. The molecule has 1 aromatic rings. The third kappa shape index (κ3) is 3.89. The first-order valence-corrected chi connectivity index (χ1v) is 4.87. The van der Waals surface area contributed by atoms with Crippen molar-refractivity contribution < 1.29 is 4.79 Å². The second kappa shape index (κ2) is 4.81. The molecular weight excluding hydrogens is 186 g/mol. The van der Waals surface area contributed by atoms with Gasteiger partial charge in [-0.25, -0.2) is 9.97 Å². The minimum Gasteiger partial charge on any atom is -0.370 e. The average molecular weight is 197 g/mol. The molecule has 1 rings (SSSR count).